The van der Waals surface area contributed by atoms with Crippen LogP contribution in [0.25, 0.3) is 10.9 Å². The predicted molar refractivity (Wildman–Crippen MR) is 81.8 cm³/mol. The Hall–Kier alpha value is -2.82. The van der Waals surface area contributed by atoms with Gasteiger partial charge in [0.2, 0.25) is 0 Å². The molecule has 1 amide bonds. The minimum Gasteiger partial charge on any atom is -0.399 e. The average Bonchev–Trinajstić information content (AvgIpc) is 2.85. The molecule has 4 nitrogen and oxygen atoms in total. The number of hydrogen-bond acceptors (Lipinski definition) is 2. The summed E-state index contributed by atoms with van der Waals surface area (Å²) in [7, 11) is 0. The number of carbonyl (C=O) groups excluding carboxylic acids is 1. The Kier molecular flexibility index (Phi) is 3.10. The highest BCUT2D eigenvalue weighted by Gasteiger charge is 2.13. The van der Waals surface area contributed by atoms with E-state index < -0.39 is 0 Å². The summed E-state index contributed by atoms with van der Waals surface area (Å²) in [5.74, 6) is -0.678. The van der Waals surface area contributed by atoms with Crippen LogP contribution in [0.15, 0.2) is 42.6 Å². The van der Waals surface area contributed by atoms with E-state index in [9.17, 15) is 9.18 Å². The van der Waals surface area contributed by atoms with E-state index in [0.717, 1.165) is 16.5 Å². The van der Waals surface area contributed by atoms with Gasteiger partial charge in [0, 0.05) is 28.5 Å². The molecule has 0 bridgehead atoms. The smallest absolute Gasteiger partial charge is 0.257 e. The van der Waals surface area contributed by atoms with Crippen LogP contribution < -0.4 is 11.1 Å². The molecule has 0 aliphatic heterocycles. The number of aromatic amines is 1. The van der Waals surface area contributed by atoms with Gasteiger partial charge in [0.1, 0.15) is 5.82 Å². The molecule has 0 aliphatic carbocycles. The molecule has 0 atom stereocenters. The molecular formula is C16H14FN3O. The number of halogens is 1. The van der Waals surface area contributed by atoms with Crippen molar-refractivity contribution in [2.75, 3.05) is 11.1 Å². The van der Waals surface area contributed by atoms with Gasteiger partial charge in [-0.05, 0) is 42.8 Å². The molecule has 2 aromatic carbocycles. The molecule has 0 fully saturated rings. The van der Waals surface area contributed by atoms with E-state index in [0.29, 0.717) is 16.9 Å². The summed E-state index contributed by atoms with van der Waals surface area (Å²) in [5, 5.41) is 3.50. The second kappa shape index (κ2) is 4.94. The predicted octanol–water partition coefficient (Wildman–Crippen LogP) is 3.45. The molecule has 1 heterocycles. The van der Waals surface area contributed by atoms with Gasteiger partial charge in [-0.25, -0.2) is 4.39 Å². The van der Waals surface area contributed by atoms with Gasteiger partial charge in [0.15, 0.2) is 0 Å². The van der Waals surface area contributed by atoms with E-state index in [1.165, 1.54) is 12.1 Å². The molecule has 3 aromatic rings. The first-order chi connectivity index (χ1) is 10.0. The van der Waals surface area contributed by atoms with Crippen LogP contribution >= 0.6 is 0 Å². The zero-order valence-electron chi connectivity index (χ0n) is 11.4. The highest BCUT2D eigenvalue weighted by molar-refractivity contribution is 6.13. The molecule has 0 unspecified atom stereocenters. The summed E-state index contributed by atoms with van der Waals surface area (Å²) < 4.78 is 13.3. The van der Waals surface area contributed by atoms with Gasteiger partial charge >= 0.3 is 0 Å². The molecule has 106 valence electrons. The van der Waals surface area contributed by atoms with E-state index in [1.54, 1.807) is 30.5 Å². The maximum atomic E-state index is 13.3. The summed E-state index contributed by atoms with van der Waals surface area (Å²) in [4.78, 5) is 15.4. The van der Waals surface area contributed by atoms with Crippen molar-refractivity contribution in [1.29, 1.82) is 0 Å². The molecule has 0 aliphatic rings. The molecule has 0 radical (unpaired) electrons. The van der Waals surface area contributed by atoms with Crippen LogP contribution in [0.5, 0.6) is 0 Å². The molecule has 1 aromatic heterocycles. The topological polar surface area (TPSA) is 70.9 Å². The van der Waals surface area contributed by atoms with E-state index in [-0.39, 0.29) is 11.7 Å². The van der Waals surface area contributed by atoms with Gasteiger partial charge < -0.3 is 16.0 Å². The maximum absolute atomic E-state index is 13.3. The zero-order chi connectivity index (χ0) is 15.0. The van der Waals surface area contributed by atoms with Crippen LogP contribution in [0, 0.1) is 12.7 Å². The maximum Gasteiger partial charge on any atom is 0.257 e. The zero-order valence-corrected chi connectivity index (χ0v) is 11.4. The molecule has 21 heavy (non-hydrogen) atoms. The number of nitrogen functional groups attached to an aromatic ring is 1. The largest absolute Gasteiger partial charge is 0.399 e. The van der Waals surface area contributed by atoms with Crippen LogP contribution in [-0.2, 0) is 0 Å². The molecule has 0 saturated heterocycles. The van der Waals surface area contributed by atoms with Gasteiger partial charge in [-0.1, -0.05) is 6.07 Å². The quantitative estimate of drug-likeness (QED) is 0.630. The summed E-state index contributed by atoms with van der Waals surface area (Å²) in [6, 6.07) is 9.58. The lowest BCUT2D eigenvalue weighted by atomic mass is 10.1. The Labute approximate surface area is 120 Å². The molecule has 0 spiro atoms. The Morgan fingerprint density at radius 1 is 1.24 bits per heavy atom. The first-order valence-corrected chi connectivity index (χ1v) is 6.49. The molecule has 5 heteroatoms. The summed E-state index contributed by atoms with van der Waals surface area (Å²) >= 11 is 0. The van der Waals surface area contributed by atoms with Crippen molar-refractivity contribution in [3.05, 3.63) is 59.5 Å². The molecule has 4 N–H and O–H groups in total. The van der Waals surface area contributed by atoms with E-state index in [1.807, 2.05) is 6.92 Å². The Bertz CT molecular complexity index is 839. The minimum absolute atomic E-state index is 0.292. The van der Waals surface area contributed by atoms with Crippen molar-refractivity contribution in [3.8, 4) is 0 Å². The van der Waals surface area contributed by atoms with Crippen molar-refractivity contribution >= 4 is 28.2 Å². The summed E-state index contributed by atoms with van der Waals surface area (Å²) in [6.45, 7) is 1.81. The number of aryl methyl sites for hydroxylation is 1. The Morgan fingerprint density at radius 3 is 2.86 bits per heavy atom. The van der Waals surface area contributed by atoms with Gasteiger partial charge in [-0.2, -0.15) is 0 Å². The standard InChI is InChI=1S/C16H14FN3O/c1-9-2-3-10(17)6-14(9)20-16(21)13-8-19-15-7-11(18)4-5-12(13)15/h2-8,19H,18H2,1H3,(H,20,21). The van der Waals surface area contributed by atoms with Crippen LogP contribution in [0.3, 0.4) is 0 Å². The van der Waals surface area contributed by atoms with E-state index >= 15 is 0 Å². The Morgan fingerprint density at radius 2 is 2.05 bits per heavy atom. The average molecular weight is 283 g/mol. The van der Waals surface area contributed by atoms with Gasteiger partial charge in [-0.15, -0.1) is 0 Å². The van der Waals surface area contributed by atoms with Crippen LogP contribution in [-0.4, -0.2) is 10.9 Å². The number of benzene rings is 2. The number of fused-ring (bicyclic) bond motifs is 1. The number of amides is 1. The first-order valence-electron chi connectivity index (χ1n) is 6.49. The lowest BCUT2D eigenvalue weighted by molar-refractivity contribution is 0.102. The second-order valence-electron chi connectivity index (χ2n) is 4.92. The van der Waals surface area contributed by atoms with Crippen molar-refractivity contribution < 1.29 is 9.18 Å². The number of aromatic nitrogens is 1. The fourth-order valence-electron chi connectivity index (χ4n) is 2.25. The number of nitrogens with one attached hydrogen (secondary N) is 2. The van der Waals surface area contributed by atoms with Gasteiger partial charge in [0.25, 0.3) is 5.91 Å². The third-order valence-corrected chi connectivity index (χ3v) is 3.40. The van der Waals surface area contributed by atoms with Crippen LogP contribution in [0.2, 0.25) is 0 Å². The lowest BCUT2D eigenvalue weighted by Gasteiger charge is -2.08. The minimum atomic E-state index is -0.386. The highest BCUT2D eigenvalue weighted by Crippen LogP contribution is 2.23. The normalized spacial score (nSPS) is 10.8. The third kappa shape index (κ3) is 2.45. The van der Waals surface area contributed by atoms with Gasteiger partial charge in [0.05, 0.1) is 5.56 Å². The van der Waals surface area contributed by atoms with E-state index in [4.69, 9.17) is 5.73 Å². The number of hydrogen-bond donors (Lipinski definition) is 3. The molecule has 0 saturated carbocycles. The summed E-state index contributed by atoms with van der Waals surface area (Å²) in [6.07, 6.45) is 1.62. The first kappa shape index (κ1) is 13.2. The second-order valence-corrected chi connectivity index (χ2v) is 4.92. The number of anilines is 2. The van der Waals surface area contributed by atoms with Crippen molar-refractivity contribution in [2.24, 2.45) is 0 Å². The van der Waals surface area contributed by atoms with Crippen LogP contribution in [0.4, 0.5) is 15.8 Å². The van der Waals surface area contributed by atoms with Crippen molar-refractivity contribution in [1.82, 2.24) is 4.98 Å². The number of rotatable bonds is 2. The SMILES string of the molecule is Cc1ccc(F)cc1NC(=O)c1c[nH]c2cc(N)ccc12. The fraction of sp³-hybridized carbons (Fsp3) is 0.0625. The number of carbonyl (C=O) groups is 1. The monoisotopic (exact) mass is 283 g/mol. The summed E-state index contributed by atoms with van der Waals surface area (Å²) in [5.41, 5.74) is 8.87. The number of nitrogens with two attached hydrogens (primary N) is 1. The third-order valence-electron chi connectivity index (χ3n) is 3.40. The Balaban J connectivity index is 1.95. The highest BCUT2D eigenvalue weighted by atomic mass is 19.1. The van der Waals surface area contributed by atoms with Crippen LogP contribution in [0.1, 0.15) is 15.9 Å². The lowest BCUT2D eigenvalue weighted by Crippen LogP contribution is -2.12. The van der Waals surface area contributed by atoms with Crippen molar-refractivity contribution in [3.63, 3.8) is 0 Å². The van der Waals surface area contributed by atoms with Gasteiger partial charge in [-0.3, -0.25) is 4.79 Å². The number of H-pyrrole nitrogens is 1. The molecule has 3 rings (SSSR count). The van der Waals surface area contributed by atoms with Crippen molar-refractivity contribution in [2.45, 2.75) is 6.92 Å². The fourth-order valence-corrected chi connectivity index (χ4v) is 2.25. The van der Waals surface area contributed by atoms with E-state index in [2.05, 4.69) is 10.3 Å². The molecular weight excluding hydrogens is 269 g/mol.